The predicted octanol–water partition coefficient (Wildman–Crippen LogP) is 3.06. The normalized spacial score (nSPS) is 15.7. The van der Waals surface area contributed by atoms with Gasteiger partial charge in [0.1, 0.15) is 19.0 Å². The Morgan fingerprint density at radius 3 is 2.77 bits per heavy atom. The van der Waals surface area contributed by atoms with Crippen molar-refractivity contribution in [3.05, 3.63) is 71.2 Å². The van der Waals surface area contributed by atoms with Crippen molar-refractivity contribution >= 4 is 22.8 Å². The first-order valence-electron chi connectivity index (χ1n) is 9.93. The fraction of sp³-hybridized carbons (Fsp3) is 0.304. The summed E-state index contributed by atoms with van der Waals surface area (Å²) in [7, 11) is 0. The van der Waals surface area contributed by atoms with E-state index in [1.807, 2.05) is 30.3 Å². The lowest BCUT2D eigenvalue weighted by Gasteiger charge is -2.25. The number of aliphatic carboxylic acids is 1. The third-order valence-electron chi connectivity index (χ3n) is 5.43. The summed E-state index contributed by atoms with van der Waals surface area (Å²) in [6, 6.07) is 13.9. The van der Waals surface area contributed by atoms with Gasteiger partial charge in [-0.15, -0.1) is 0 Å². The number of carbonyl (C=O) groups excluding carboxylic acids is 1. The van der Waals surface area contributed by atoms with Crippen molar-refractivity contribution in [3.8, 4) is 0 Å². The molecule has 4 rings (SSSR count). The van der Waals surface area contributed by atoms with E-state index in [9.17, 15) is 19.1 Å². The van der Waals surface area contributed by atoms with E-state index in [0.717, 1.165) is 16.8 Å². The first-order valence-corrected chi connectivity index (χ1v) is 9.93. The maximum Gasteiger partial charge on any atom is 0.323 e. The second-order valence-electron chi connectivity index (χ2n) is 7.55. The number of carbonyl (C=O) groups is 2. The minimum atomic E-state index is -0.940. The topological polar surface area (TPSA) is 80.6 Å². The number of nitrogens with one attached hydrogen (secondary N) is 1. The molecule has 1 unspecified atom stereocenters. The van der Waals surface area contributed by atoms with E-state index in [1.54, 1.807) is 10.6 Å². The molecule has 6 nitrogen and oxygen atoms in total. The van der Waals surface area contributed by atoms with Crippen LogP contribution in [0.3, 0.4) is 0 Å². The number of fused-ring (bicyclic) bond motifs is 3. The third-order valence-corrected chi connectivity index (χ3v) is 5.43. The second kappa shape index (κ2) is 8.67. The molecule has 0 bridgehead atoms. The maximum absolute atomic E-state index is 13.9. The number of rotatable bonds is 7. The van der Waals surface area contributed by atoms with Crippen molar-refractivity contribution in [2.75, 3.05) is 6.61 Å². The molecule has 1 aliphatic rings. The number of hydrogen-bond donors (Lipinski definition) is 2. The van der Waals surface area contributed by atoms with Gasteiger partial charge in [0.15, 0.2) is 0 Å². The largest absolute Gasteiger partial charge is 0.480 e. The Balaban J connectivity index is 1.44. The van der Waals surface area contributed by atoms with Gasteiger partial charge in [-0.1, -0.05) is 30.3 Å². The standard InChI is InChI=1S/C23H23FN2O4/c24-16-6-8-20-18(10-16)19-11-17(7-9-21(19)26(20)12-23(28)29)25-22(27)14-30-13-15-4-2-1-3-5-15/h1-6,8,10,17H,7,9,11-14H2,(H,25,27)(H,28,29). The first-order chi connectivity index (χ1) is 14.5. The van der Waals surface area contributed by atoms with Gasteiger partial charge in [-0.2, -0.15) is 0 Å². The minimum absolute atomic E-state index is 0.0341. The molecule has 2 N–H and O–H groups in total. The van der Waals surface area contributed by atoms with Crippen molar-refractivity contribution < 1.29 is 23.8 Å². The van der Waals surface area contributed by atoms with Crippen LogP contribution in [0, 0.1) is 5.82 Å². The van der Waals surface area contributed by atoms with Crippen LogP contribution in [0.1, 0.15) is 23.2 Å². The molecule has 30 heavy (non-hydrogen) atoms. The number of benzene rings is 2. The number of hydrogen-bond acceptors (Lipinski definition) is 3. The van der Waals surface area contributed by atoms with Gasteiger partial charge in [-0.25, -0.2) is 4.39 Å². The van der Waals surface area contributed by atoms with Gasteiger partial charge in [0, 0.05) is 22.6 Å². The molecule has 1 amide bonds. The van der Waals surface area contributed by atoms with Crippen molar-refractivity contribution in [2.24, 2.45) is 0 Å². The van der Waals surface area contributed by atoms with E-state index in [4.69, 9.17) is 4.74 Å². The fourth-order valence-electron chi connectivity index (χ4n) is 4.17. The van der Waals surface area contributed by atoms with E-state index in [2.05, 4.69) is 5.32 Å². The van der Waals surface area contributed by atoms with Crippen molar-refractivity contribution in [1.29, 1.82) is 0 Å². The molecule has 1 aromatic heterocycles. The number of amides is 1. The summed E-state index contributed by atoms with van der Waals surface area (Å²) in [6.45, 7) is 0.167. The predicted molar refractivity (Wildman–Crippen MR) is 110 cm³/mol. The lowest BCUT2D eigenvalue weighted by molar-refractivity contribution is -0.137. The van der Waals surface area contributed by atoms with Crippen LogP contribution in [0.25, 0.3) is 10.9 Å². The molecule has 0 saturated carbocycles. The summed E-state index contributed by atoms with van der Waals surface area (Å²) in [5.41, 5.74) is 3.53. The van der Waals surface area contributed by atoms with Crippen molar-refractivity contribution in [3.63, 3.8) is 0 Å². The van der Waals surface area contributed by atoms with Gasteiger partial charge in [0.05, 0.1) is 6.61 Å². The van der Waals surface area contributed by atoms with Gasteiger partial charge in [0.25, 0.3) is 0 Å². The van der Waals surface area contributed by atoms with Crippen LogP contribution >= 0.6 is 0 Å². The molecule has 0 saturated heterocycles. The lowest BCUT2D eigenvalue weighted by Crippen LogP contribution is -2.40. The van der Waals surface area contributed by atoms with Crippen LogP contribution in [0.4, 0.5) is 4.39 Å². The average Bonchev–Trinajstić information content (AvgIpc) is 3.01. The van der Waals surface area contributed by atoms with Gasteiger partial charge in [0.2, 0.25) is 5.91 Å². The number of nitrogens with zero attached hydrogens (tertiary/aromatic N) is 1. The molecule has 2 aromatic carbocycles. The highest BCUT2D eigenvalue weighted by Gasteiger charge is 2.27. The zero-order chi connectivity index (χ0) is 21.1. The van der Waals surface area contributed by atoms with E-state index in [1.165, 1.54) is 12.1 Å². The van der Waals surface area contributed by atoms with Gasteiger partial charge >= 0.3 is 5.97 Å². The summed E-state index contributed by atoms with van der Waals surface area (Å²) in [6.07, 6.45) is 1.84. The molecule has 3 aromatic rings. The zero-order valence-corrected chi connectivity index (χ0v) is 16.4. The van der Waals surface area contributed by atoms with Gasteiger partial charge in [-0.3, -0.25) is 9.59 Å². The van der Waals surface area contributed by atoms with Crippen molar-refractivity contribution in [1.82, 2.24) is 9.88 Å². The van der Waals surface area contributed by atoms with E-state index in [-0.39, 0.29) is 30.9 Å². The SMILES string of the molecule is O=C(O)Cn1c2c(c3cc(F)ccc31)CC(NC(=O)COCc1ccccc1)CC2. The van der Waals surface area contributed by atoms with E-state index in [0.29, 0.717) is 36.8 Å². The second-order valence-corrected chi connectivity index (χ2v) is 7.55. The molecular weight excluding hydrogens is 387 g/mol. The molecule has 0 fully saturated rings. The number of carboxylic acids is 1. The highest BCUT2D eigenvalue weighted by atomic mass is 19.1. The molecule has 1 atom stereocenters. The molecular formula is C23H23FN2O4. The molecule has 0 spiro atoms. The molecule has 156 valence electrons. The Morgan fingerprint density at radius 1 is 1.20 bits per heavy atom. The van der Waals surface area contributed by atoms with Crippen molar-refractivity contribution in [2.45, 2.75) is 38.5 Å². The minimum Gasteiger partial charge on any atom is -0.480 e. The van der Waals surface area contributed by atoms with Crippen LogP contribution in [0.15, 0.2) is 48.5 Å². The molecule has 0 radical (unpaired) electrons. The van der Waals surface area contributed by atoms with Crippen LogP contribution in [-0.4, -0.2) is 34.2 Å². The quantitative estimate of drug-likeness (QED) is 0.627. The summed E-state index contributed by atoms with van der Waals surface area (Å²) < 4.78 is 21.1. The average molecular weight is 410 g/mol. The Kier molecular flexibility index (Phi) is 5.81. The van der Waals surface area contributed by atoms with Gasteiger partial charge in [-0.05, 0) is 48.6 Å². The van der Waals surface area contributed by atoms with E-state index < -0.39 is 5.97 Å². The highest BCUT2D eigenvalue weighted by molar-refractivity contribution is 5.87. The van der Waals surface area contributed by atoms with Gasteiger partial charge < -0.3 is 19.7 Å². The Hall–Kier alpha value is -3.19. The number of aromatic nitrogens is 1. The maximum atomic E-state index is 13.9. The highest BCUT2D eigenvalue weighted by Crippen LogP contribution is 2.33. The van der Waals surface area contributed by atoms with Crippen LogP contribution in [-0.2, 0) is 40.3 Å². The first kappa shape index (κ1) is 20.1. The summed E-state index contributed by atoms with van der Waals surface area (Å²) in [5.74, 6) is -1.50. The third kappa shape index (κ3) is 4.36. The lowest BCUT2D eigenvalue weighted by atomic mass is 9.91. The van der Waals surface area contributed by atoms with Crippen LogP contribution in [0.5, 0.6) is 0 Å². The van der Waals surface area contributed by atoms with Crippen LogP contribution in [0.2, 0.25) is 0 Å². The number of ether oxygens (including phenoxy) is 1. The molecule has 1 heterocycles. The smallest absolute Gasteiger partial charge is 0.323 e. The number of carboxylic acid groups (broad SMARTS) is 1. The number of halogens is 1. The molecule has 1 aliphatic carbocycles. The van der Waals surface area contributed by atoms with Crippen LogP contribution < -0.4 is 5.32 Å². The Bertz CT molecular complexity index is 1080. The summed E-state index contributed by atoms with van der Waals surface area (Å²) >= 11 is 0. The molecule has 0 aliphatic heterocycles. The Labute approximate surface area is 173 Å². The van der Waals surface area contributed by atoms with E-state index >= 15 is 0 Å². The summed E-state index contributed by atoms with van der Waals surface area (Å²) in [5, 5.41) is 13.0. The Morgan fingerprint density at radius 2 is 2.00 bits per heavy atom. The molecule has 7 heteroatoms. The monoisotopic (exact) mass is 410 g/mol. The summed E-state index contributed by atoms with van der Waals surface area (Å²) in [4.78, 5) is 23.6. The fourth-order valence-corrected chi connectivity index (χ4v) is 4.17. The zero-order valence-electron chi connectivity index (χ0n) is 16.4.